The zero-order valence-electron chi connectivity index (χ0n) is 9.93. The van der Waals surface area contributed by atoms with Crippen molar-refractivity contribution in [2.45, 2.75) is 0 Å². The molecule has 0 radical (unpaired) electrons. The molecule has 0 aliphatic rings. The number of nitrogens with one attached hydrogen (secondary N) is 1. The van der Waals surface area contributed by atoms with Crippen molar-refractivity contribution in [3.63, 3.8) is 0 Å². The molecule has 0 bridgehead atoms. The minimum absolute atomic E-state index is 0.708. The summed E-state index contributed by atoms with van der Waals surface area (Å²) in [7, 11) is 1.64. The molecule has 0 aliphatic carbocycles. The summed E-state index contributed by atoms with van der Waals surface area (Å²) < 4.78 is 5.08. The molecule has 0 saturated carbocycles. The smallest absolute Gasteiger partial charge is 0.118 e. The molecular formula is C14H13ClN2O. The number of anilines is 1. The summed E-state index contributed by atoms with van der Waals surface area (Å²) in [6, 6.07) is 15.0. The zero-order chi connectivity index (χ0) is 12.8. The van der Waals surface area contributed by atoms with Gasteiger partial charge in [-0.3, -0.25) is 5.43 Å². The molecule has 0 spiro atoms. The molecule has 0 heterocycles. The number of halogens is 1. The van der Waals surface area contributed by atoms with Gasteiger partial charge in [0.05, 0.1) is 19.0 Å². The van der Waals surface area contributed by atoms with E-state index in [2.05, 4.69) is 10.5 Å². The Labute approximate surface area is 111 Å². The Morgan fingerprint density at radius 1 is 1.06 bits per heavy atom. The van der Waals surface area contributed by atoms with Crippen molar-refractivity contribution < 1.29 is 4.74 Å². The fourth-order valence-electron chi connectivity index (χ4n) is 1.40. The van der Waals surface area contributed by atoms with Crippen molar-refractivity contribution >= 4 is 23.5 Å². The Hall–Kier alpha value is -2.00. The van der Waals surface area contributed by atoms with Crippen molar-refractivity contribution in [1.29, 1.82) is 0 Å². The van der Waals surface area contributed by atoms with E-state index in [0.29, 0.717) is 5.02 Å². The minimum Gasteiger partial charge on any atom is -0.497 e. The normalized spacial score (nSPS) is 10.6. The number of ether oxygens (including phenoxy) is 1. The first-order valence-electron chi connectivity index (χ1n) is 5.46. The van der Waals surface area contributed by atoms with Gasteiger partial charge in [0.1, 0.15) is 5.75 Å². The Morgan fingerprint density at radius 3 is 2.33 bits per heavy atom. The monoisotopic (exact) mass is 260 g/mol. The van der Waals surface area contributed by atoms with Crippen LogP contribution in [0.25, 0.3) is 0 Å². The van der Waals surface area contributed by atoms with E-state index in [-0.39, 0.29) is 0 Å². The summed E-state index contributed by atoms with van der Waals surface area (Å²) in [6.07, 6.45) is 1.74. The summed E-state index contributed by atoms with van der Waals surface area (Å²) in [6.45, 7) is 0. The van der Waals surface area contributed by atoms with E-state index in [4.69, 9.17) is 16.3 Å². The van der Waals surface area contributed by atoms with Crippen LogP contribution in [0.1, 0.15) is 5.56 Å². The van der Waals surface area contributed by atoms with Gasteiger partial charge >= 0.3 is 0 Å². The molecule has 0 unspecified atom stereocenters. The average molecular weight is 261 g/mol. The van der Waals surface area contributed by atoms with Crippen molar-refractivity contribution in [2.24, 2.45) is 5.10 Å². The second kappa shape index (κ2) is 6.07. The Kier molecular flexibility index (Phi) is 4.20. The van der Waals surface area contributed by atoms with Gasteiger partial charge in [-0.2, -0.15) is 5.10 Å². The second-order valence-corrected chi connectivity index (χ2v) is 4.09. The minimum atomic E-state index is 0.708. The van der Waals surface area contributed by atoms with Gasteiger partial charge in [0, 0.05) is 5.02 Å². The van der Waals surface area contributed by atoms with Crippen LogP contribution >= 0.6 is 11.6 Å². The van der Waals surface area contributed by atoms with E-state index in [9.17, 15) is 0 Å². The van der Waals surface area contributed by atoms with Gasteiger partial charge in [-0.1, -0.05) is 11.6 Å². The van der Waals surface area contributed by atoms with Crippen LogP contribution in [0.2, 0.25) is 5.02 Å². The van der Waals surface area contributed by atoms with Crippen molar-refractivity contribution in [3.8, 4) is 5.75 Å². The van der Waals surface area contributed by atoms with Crippen LogP contribution in [0.3, 0.4) is 0 Å². The molecule has 3 nitrogen and oxygen atoms in total. The predicted octanol–water partition coefficient (Wildman–Crippen LogP) is 3.79. The standard InChI is InChI=1S/C14H13ClN2O/c1-18-14-8-2-11(3-9-14)10-16-17-13-6-4-12(15)5-7-13/h2-10,17H,1H3/b16-10+. The number of nitrogens with zero attached hydrogens (tertiary/aromatic N) is 1. The van der Waals surface area contributed by atoms with Crippen LogP contribution in [0.4, 0.5) is 5.69 Å². The number of benzene rings is 2. The number of hydrogen-bond donors (Lipinski definition) is 1. The summed E-state index contributed by atoms with van der Waals surface area (Å²) in [5.74, 6) is 0.831. The van der Waals surface area contributed by atoms with E-state index < -0.39 is 0 Å². The molecule has 4 heteroatoms. The maximum absolute atomic E-state index is 5.79. The summed E-state index contributed by atoms with van der Waals surface area (Å²) in [5.41, 5.74) is 4.82. The molecular weight excluding hydrogens is 248 g/mol. The van der Waals surface area contributed by atoms with E-state index in [1.165, 1.54) is 0 Å². The maximum atomic E-state index is 5.79. The maximum Gasteiger partial charge on any atom is 0.118 e. The van der Waals surface area contributed by atoms with Crippen molar-refractivity contribution in [2.75, 3.05) is 12.5 Å². The van der Waals surface area contributed by atoms with Crippen LogP contribution in [-0.4, -0.2) is 13.3 Å². The van der Waals surface area contributed by atoms with Gasteiger partial charge in [0.2, 0.25) is 0 Å². The summed E-state index contributed by atoms with van der Waals surface area (Å²) in [5, 5.41) is 4.85. The van der Waals surface area contributed by atoms with Crippen LogP contribution in [0, 0.1) is 0 Å². The van der Waals surface area contributed by atoms with Crippen LogP contribution in [0.5, 0.6) is 5.75 Å². The van der Waals surface area contributed by atoms with Gasteiger partial charge < -0.3 is 4.74 Å². The quantitative estimate of drug-likeness (QED) is 0.670. The van der Waals surface area contributed by atoms with Crippen molar-refractivity contribution in [1.82, 2.24) is 0 Å². The first-order chi connectivity index (χ1) is 8.78. The number of rotatable bonds is 4. The van der Waals surface area contributed by atoms with Gasteiger partial charge in [0.15, 0.2) is 0 Å². The first kappa shape index (κ1) is 12.5. The molecule has 0 amide bonds. The molecule has 2 rings (SSSR count). The number of methoxy groups -OCH3 is 1. The zero-order valence-corrected chi connectivity index (χ0v) is 10.7. The van der Waals surface area contributed by atoms with E-state index in [1.807, 2.05) is 48.5 Å². The Balaban J connectivity index is 1.96. The van der Waals surface area contributed by atoms with Crippen LogP contribution < -0.4 is 10.2 Å². The lowest BCUT2D eigenvalue weighted by atomic mass is 10.2. The summed E-state index contributed by atoms with van der Waals surface area (Å²) >= 11 is 5.79. The highest BCUT2D eigenvalue weighted by molar-refractivity contribution is 6.30. The molecule has 0 saturated heterocycles. The Morgan fingerprint density at radius 2 is 1.72 bits per heavy atom. The predicted molar refractivity (Wildman–Crippen MR) is 75.7 cm³/mol. The van der Waals surface area contributed by atoms with Crippen LogP contribution in [0.15, 0.2) is 53.6 Å². The molecule has 2 aromatic rings. The third kappa shape index (κ3) is 3.50. The molecule has 18 heavy (non-hydrogen) atoms. The topological polar surface area (TPSA) is 33.6 Å². The van der Waals surface area contributed by atoms with E-state index in [0.717, 1.165) is 17.0 Å². The van der Waals surface area contributed by atoms with Gasteiger partial charge in [-0.05, 0) is 54.1 Å². The highest BCUT2D eigenvalue weighted by Crippen LogP contribution is 2.13. The highest BCUT2D eigenvalue weighted by atomic mass is 35.5. The lowest BCUT2D eigenvalue weighted by Crippen LogP contribution is -1.90. The molecule has 92 valence electrons. The van der Waals surface area contributed by atoms with Gasteiger partial charge in [-0.15, -0.1) is 0 Å². The van der Waals surface area contributed by atoms with E-state index in [1.54, 1.807) is 13.3 Å². The SMILES string of the molecule is COc1ccc(/C=N/Nc2ccc(Cl)cc2)cc1. The molecule has 0 fully saturated rings. The van der Waals surface area contributed by atoms with Gasteiger partial charge in [0.25, 0.3) is 0 Å². The molecule has 0 aliphatic heterocycles. The first-order valence-corrected chi connectivity index (χ1v) is 5.84. The third-order valence-electron chi connectivity index (χ3n) is 2.37. The van der Waals surface area contributed by atoms with E-state index >= 15 is 0 Å². The second-order valence-electron chi connectivity index (χ2n) is 3.65. The number of hydrogen-bond acceptors (Lipinski definition) is 3. The van der Waals surface area contributed by atoms with Crippen molar-refractivity contribution in [3.05, 3.63) is 59.1 Å². The molecule has 2 aromatic carbocycles. The average Bonchev–Trinajstić information content (AvgIpc) is 2.42. The lowest BCUT2D eigenvalue weighted by Gasteiger charge is -2.00. The lowest BCUT2D eigenvalue weighted by molar-refractivity contribution is 0.415. The Bertz CT molecular complexity index is 520. The molecule has 0 aromatic heterocycles. The fraction of sp³-hybridized carbons (Fsp3) is 0.0714. The number of hydrazone groups is 1. The third-order valence-corrected chi connectivity index (χ3v) is 2.62. The van der Waals surface area contributed by atoms with Crippen LogP contribution in [-0.2, 0) is 0 Å². The molecule has 0 atom stereocenters. The van der Waals surface area contributed by atoms with Gasteiger partial charge in [-0.25, -0.2) is 0 Å². The highest BCUT2D eigenvalue weighted by Gasteiger charge is 1.91. The largest absolute Gasteiger partial charge is 0.497 e. The fourth-order valence-corrected chi connectivity index (χ4v) is 1.52. The molecule has 1 N–H and O–H groups in total. The summed E-state index contributed by atoms with van der Waals surface area (Å²) in [4.78, 5) is 0.